The summed E-state index contributed by atoms with van der Waals surface area (Å²) in [5, 5.41) is 9.12. The Labute approximate surface area is 218 Å². The summed E-state index contributed by atoms with van der Waals surface area (Å²) in [5.41, 5.74) is 4.18. The molecule has 2 aliphatic heterocycles. The summed E-state index contributed by atoms with van der Waals surface area (Å²) in [6, 6.07) is 12.0. The number of benzene rings is 2. The van der Waals surface area contributed by atoms with E-state index in [1.807, 2.05) is 18.2 Å². The minimum absolute atomic E-state index is 0.00731. The first-order valence-corrected chi connectivity index (χ1v) is 12.8. The van der Waals surface area contributed by atoms with Gasteiger partial charge in [0.15, 0.2) is 0 Å². The summed E-state index contributed by atoms with van der Waals surface area (Å²) in [7, 11) is 0. The SMILES string of the molecule is O=C(O)C[C@@H]1COc2cc(O[C@@H]3CCc4c3ccc(C(F)(F)F)c4CN3CCc4ncccc4C3)ccc21. The summed E-state index contributed by atoms with van der Waals surface area (Å²) in [6.45, 7) is 1.75. The Morgan fingerprint density at radius 2 is 2.00 bits per heavy atom. The number of carboxylic acids is 1. The molecule has 198 valence electrons. The molecule has 2 aromatic carbocycles. The number of halogens is 3. The second-order valence-electron chi connectivity index (χ2n) is 10.2. The molecule has 0 unspecified atom stereocenters. The zero-order chi connectivity index (χ0) is 26.4. The first kappa shape index (κ1) is 24.7. The van der Waals surface area contributed by atoms with Crippen molar-refractivity contribution in [1.82, 2.24) is 9.88 Å². The van der Waals surface area contributed by atoms with Crippen molar-refractivity contribution in [3.63, 3.8) is 0 Å². The van der Waals surface area contributed by atoms with Gasteiger partial charge in [-0.2, -0.15) is 13.2 Å². The highest BCUT2D eigenvalue weighted by Crippen LogP contribution is 2.44. The molecule has 3 aromatic rings. The van der Waals surface area contributed by atoms with Crippen molar-refractivity contribution in [2.75, 3.05) is 13.2 Å². The van der Waals surface area contributed by atoms with Crippen LogP contribution in [0.15, 0.2) is 48.7 Å². The maximum Gasteiger partial charge on any atom is 0.416 e. The largest absolute Gasteiger partial charge is 0.492 e. The van der Waals surface area contributed by atoms with Crippen LogP contribution in [0.25, 0.3) is 0 Å². The number of nitrogens with zero attached hydrogens (tertiary/aromatic N) is 2. The van der Waals surface area contributed by atoms with Gasteiger partial charge in [-0.05, 0) is 53.3 Å². The molecule has 0 radical (unpaired) electrons. The fourth-order valence-corrected chi connectivity index (χ4v) is 5.96. The van der Waals surface area contributed by atoms with E-state index in [1.54, 1.807) is 24.4 Å². The minimum Gasteiger partial charge on any atom is -0.492 e. The summed E-state index contributed by atoms with van der Waals surface area (Å²) < 4.78 is 54.2. The number of alkyl halides is 3. The van der Waals surface area contributed by atoms with Crippen molar-refractivity contribution in [2.45, 2.75) is 57.0 Å². The first-order valence-electron chi connectivity index (χ1n) is 12.8. The van der Waals surface area contributed by atoms with Gasteiger partial charge in [-0.1, -0.05) is 18.2 Å². The van der Waals surface area contributed by atoms with E-state index < -0.39 is 17.7 Å². The van der Waals surface area contributed by atoms with Crippen LogP contribution < -0.4 is 9.47 Å². The molecule has 1 N–H and O–H groups in total. The maximum atomic E-state index is 14.1. The Hall–Kier alpha value is -3.59. The van der Waals surface area contributed by atoms with Crippen LogP contribution in [0.4, 0.5) is 13.2 Å². The predicted octanol–water partition coefficient (Wildman–Crippen LogP) is 5.68. The lowest BCUT2D eigenvalue weighted by molar-refractivity contribution is -0.139. The van der Waals surface area contributed by atoms with Crippen LogP contribution in [-0.4, -0.2) is 34.1 Å². The second kappa shape index (κ2) is 9.62. The number of carboxylic acid groups (broad SMARTS) is 1. The summed E-state index contributed by atoms with van der Waals surface area (Å²) >= 11 is 0. The van der Waals surface area contributed by atoms with Gasteiger partial charge in [-0.25, -0.2) is 0 Å². The zero-order valence-electron chi connectivity index (χ0n) is 20.6. The van der Waals surface area contributed by atoms with Crippen LogP contribution in [-0.2, 0) is 36.9 Å². The van der Waals surface area contributed by atoms with Gasteiger partial charge in [-0.3, -0.25) is 14.7 Å². The van der Waals surface area contributed by atoms with Crippen molar-refractivity contribution in [3.05, 3.63) is 87.7 Å². The third kappa shape index (κ3) is 4.71. The van der Waals surface area contributed by atoms with Gasteiger partial charge in [0.1, 0.15) is 17.6 Å². The number of hydrogen-bond acceptors (Lipinski definition) is 5. The number of rotatable bonds is 6. The second-order valence-corrected chi connectivity index (χ2v) is 10.2. The van der Waals surface area contributed by atoms with Gasteiger partial charge in [-0.15, -0.1) is 0 Å². The van der Waals surface area contributed by atoms with E-state index in [0.717, 1.165) is 27.9 Å². The van der Waals surface area contributed by atoms with E-state index in [9.17, 15) is 18.0 Å². The Morgan fingerprint density at radius 1 is 1.16 bits per heavy atom. The van der Waals surface area contributed by atoms with Crippen LogP contribution in [0.2, 0.25) is 0 Å². The Morgan fingerprint density at radius 3 is 2.82 bits per heavy atom. The fourth-order valence-electron chi connectivity index (χ4n) is 5.96. The molecule has 6 rings (SSSR count). The van der Waals surface area contributed by atoms with Gasteiger partial charge in [0.25, 0.3) is 0 Å². The van der Waals surface area contributed by atoms with Gasteiger partial charge in [0.05, 0.1) is 18.6 Å². The highest BCUT2D eigenvalue weighted by Gasteiger charge is 2.38. The number of ether oxygens (including phenoxy) is 2. The summed E-state index contributed by atoms with van der Waals surface area (Å²) in [6.07, 6.45) is -1.27. The van der Waals surface area contributed by atoms with E-state index in [2.05, 4.69) is 9.88 Å². The molecule has 1 aromatic heterocycles. The first-order chi connectivity index (χ1) is 18.3. The highest BCUT2D eigenvalue weighted by molar-refractivity contribution is 5.68. The number of hydrogen-bond donors (Lipinski definition) is 1. The van der Waals surface area contributed by atoms with E-state index in [4.69, 9.17) is 14.6 Å². The Balaban J connectivity index is 1.25. The van der Waals surface area contributed by atoms with Gasteiger partial charge >= 0.3 is 12.1 Å². The van der Waals surface area contributed by atoms with Crippen LogP contribution in [0, 0.1) is 0 Å². The molecule has 0 spiro atoms. The third-order valence-corrected chi connectivity index (χ3v) is 7.77. The third-order valence-electron chi connectivity index (χ3n) is 7.77. The van der Waals surface area contributed by atoms with E-state index in [0.29, 0.717) is 56.0 Å². The molecule has 0 saturated heterocycles. The van der Waals surface area contributed by atoms with Crippen molar-refractivity contribution in [1.29, 1.82) is 0 Å². The average Bonchev–Trinajstić information content (AvgIpc) is 3.47. The molecule has 6 nitrogen and oxygen atoms in total. The van der Waals surface area contributed by atoms with Gasteiger partial charge < -0.3 is 14.6 Å². The molecular weight excluding hydrogens is 497 g/mol. The highest BCUT2D eigenvalue weighted by atomic mass is 19.4. The Kier molecular flexibility index (Phi) is 6.26. The van der Waals surface area contributed by atoms with Crippen LogP contribution in [0.3, 0.4) is 0 Å². The number of carbonyl (C=O) groups is 1. The lowest BCUT2D eigenvalue weighted by atomic mass is 9.95. The smallest absolute Gasteiger partial charge is 0.416 e. The molecule has 2 atom stereocenters. The maximum absolute atomic E-state index is 14.1. The molecule has 0 saturated carbocycles. The zero-order valence-corrected chi connectivity index (χ0v) is 20.6. The van der Waals surface area contributed by atoms with Crippen molar-refractivity contribution in [3.8, 4) is 11.5 Å². The molecule has 0 bridgehead atoms. The molecule has 3 aliphatic rings. The lowest BCUT2D eigenvalue weighted by Crippen LogP contribution is -2.32. The van der Waals surface area contributed by atoms with Crippen molar-refractivity contribution in [2.24, 2.45) is 0 Å². The summed E-state index contributed by atoms with van der Waals surface area (Å²) in [4.78, 5) is 17.6. The van der Waals surface area contributed by atoms with E-state index in [-0.39, 0.29) is 25.0 Å². The van der Waals surface area contributed by atoms with Crippen LogP contribution in [0.5, 0.6) is 11.5 Å². The quantitative estimate of drug-likeness (QED) is 0.448. The molecule has 1 aliphatic carbocycles. The molecule has 0 fully saturated rings. The average molecular weight is 525 g/mol. The van der Waals surface area contributed by atoms with Crippen molar-refractivity contribution >= 4 is 5.97 Å². The summed E-state index contributed by atoms with van der Waals surface area (Å²) in [5.74, 6) is 0.0672. The molecule has 0 amide bonds. The fraction of sp³-hybridized carbons (Fsp3) is 0.379. The van der Waals surface area contributed by atoms with Gasteiger partial charge in [0.2, 0.25) is 0 Å². The minimum atomic E-state index is -4.44. The normalized spacial score (nSPS) is 20.4. The standard InChI is InChI=1S/C29H27F3N2O4/c30-29(31,32)24-7-5-22-21(23(24)15-34-11-9-25-17(14-34)2-1-10-33-25)6-8-26(22)38-19-3-4-20-18(12-28(35)36)16-37-27(20)13-19/h1-5,7,10,13,18,26H,6,8-9,11-12,14-16H2,(H,35,36)/t18-,26-/m1/s1. The number of aliphatic carboxylic acids is 1. The molecule has 9 heteroatoms. The molecule has 38 heavy (non-hydrogen) atoms. The molecule has 3 heterocycles. The molecular formula is C29H27F3N2O4. The number of pyridine rings is 1. The lowest BCUT2D eigenvalue weighted by Gasteiger charge is -2.30. The van der Waals surface area contributed by atoms with Crippen LogP contribution in [0.1, 0.15) is 63.9 Å². The predicted molar refractivity (Wildman–Crippen MR) is 132 cm³/mol. The number of aromatic nitrogens is 1. The van der Waals surface area contributed by atoms with E-state index >= 15 is 0 Å². The monoisotopic (exact) mass is 524 g/mol. The van der Waals surface area contributed by atoms with Crippen molar-refractivity contribution < 1.29 is 32.5 Å². The van der Waals surface area contributed by atoms with Gasteiger partial charge in [0, 0.05) is 55.5 Å². The van der Waals surface area contributed by atoms with Crippen LogP contribution >= 0.6 is 0 Å². The Bertz CT molecular complexity index is 1390. The number of fused-ring (bicyclic) bond motifs is 3. The van der Waals surface area contributed by atoms with E-state index in [1.165, 1.54) is 6.07 Å². The topological polar surface area (TPSA) is 71.9 Å².